The number of aryl methyl sites for hydroxylation is 4. The first-order valence-corrected chi connectivity index (χ1v) is 9.17. The Labute approximate surface area is 157 Å². The number of nitrogens with zero attached hydrogens (tertiary/aromatic N) is 3. The molecule has 2 heterocycles. The molecule has 138 valence electrons. The molecule has 0 spiro atoms. The number of hydrogen-bond donors (Lipinski definition) is 2. The summed E-state index contributed by atoms with van der Waals surface area (Å²) in [7, 11) is 0. The smallest absolute Gasteiger partial charge is 0.251 e. The lowest BCUT2D eigenvalue weighted by molar-refractivity contribution is 0.0951. The highest BCUT2D eigenvalue weighted by Crippen LogP contribution is 2.26. The summed E-state index contributed by atoms with van der Waals surface area (Å²) in [6, 6.07) is 9.81. The van der Waals surface area contributed by atoms with E-state index in [0.717, 1.165) is 34.4 Å². The third-order valence-electron chi connectivity index (χ3n) is 5.16. The number of nitrogens with one attached hydrogen (secondary N) is 2. The van der Waals surface area contributed by atoms with Crippen LogP contribution >= 0.6 is 0 Å². The van der Waals surface area contributed by atoms with E-state index < -0.39 is 0 Å². The van der Waals surface area contributed by atoms with Crippen LogP contribution in [0.1, 0.15) is 39.7 Å². The van der Waals surface area contributed by atoms with Gasteiger partial charge in [-0.1, -0.05) is 16.8 Å². The largest absolute Gasteiger partial charge is 0.358 e. The van der Waals surface area contributed by atoms with Crippen molar-refractivity contribution in [3.8, 4) is 0 Å². The number of aromatic amines is 1. The van der Waals surface area contributed by atoms with Crippen LogP contribution in [0.25, 0.3) is 21.9 Å². The number of H-pyrrole nitrogens is 1. The standard InChI is InChI=1S/C21H23N5O/c1-5-26-19-7-6-15(10-18(19)24-25-26)21(27)22-11-16-8-12(2)9-17-13(3)14(4)23-20(16)17/h6-10,23H,5,11H2,1-4H3,(H,22,27). The van der Waals surface area contributed by atoms with Gasteiger partial charge in [0.05, 0.1) is 11.0 Å². The highest BCUT2D eigenvalue weighted by molar-refractivity contribution is 5.97. The molecular weight excluding hydrogens is 338 g/mol. The molecule has 0 fully saturated rings. The van der Waals surface area contributed by atoms with E-state index in [9.17, 15) is 4.79 Å². The van der Waals surface area contributed by atoms with E-state index in [2.05, 4.69) is 53.5 Å². The molecular formula is C21H23N5O. The average molecular weight is 361 g/mol. The summed E-state index contributed by atoms with van der Waals surface area (Å²) in [5.74, 6) is -0.113. The van der Waals surface area contributed by atoms with Crippen LogP contribution in [0.2, 0.25) is 0 Å². The van der Waals surface area contributed by atoms with Gasteiger partial charge in [0.15, 0.2) is 0 Å². The molecule has 0 aliphatic carbocycles. The summed E-state index contributed by atoms with van der Waals surface area (Å²) in [5, 5.41) is 12.5. The molecule has 0 saturated carbocycles. The molecule has 0 atom stereocenters. The zero-order valence-electron chi connectivity index (χ0n) is 16.1. The summed E-state index contributed by atoms with van der Waals surface area (Å²) >= 11 is 0. The summed E-state index contributed by atoms with van der Waals surface area (Å²) in [5.41, 5.74) is 8.05. The Balaban J connectivity index is 1.59. The van der Waals surface area contributed by atoms with Crippen molar-refractivity contribution in [3.63, 3.8) is 0 Å². The molecule has 0 unspecified atom stereocenters. The molecule has 1 amide bonds. The lowest BCUT2D eigenvalue weighted by Gasteiger charge is -2.08. The van der Waals surface area contributed by atoms with Gasteiger partial charge in [-0.2, -0.15) is 0 Å². The normalized spacial score (nSPS) is 11.4. The molecule has 0 bridgehead atoms. The number of rotatable bonds is 4. The van der Waals surface area contributed by atoms with E-state index in [1.807, 2.05) is 23.7 Å². The molecule has 4 aromatic rings. The average Bonchev–Trinajstić information content (AvgIpc) is 3.20. The molecule has 0 aliphatic rings. The maximum Gasteiger partial charge on any atom is 0.251 e. The first-order chi connectivity index (χ1) is 13.0. The Hall–Kier alpha value is -3.15. The molecule has 0 radical (unpaired) electrons. The van der Waals surface area contributed by atoms with Gasteiger partial charge in [0, 0.05) is 29.7 Å². The molecule has 27 heavy (non-hydrogen) atoms. The lowest BCUT2D eigenvalue weighted by atomic mass is 10.0. The third kappa shape index (κ3) is 2.97. The fourth-order valence-corrected chi connectivity index (χ4v) is 3.55. The molecule has 2 N–H and O–H groups in total. The van der Waals surface area contributed by atoms with E-state index in [-0.39, 0.29) is 5.91 Å². The van der Waals surface area contributed by atoms with Crippen LogP contribution in [0.3, 0.4) is 0 Å². The maximum atomic E-state index is 12.7. The highest BCUT2D eigenvalue weighted by atomic mass is 16.1. The SMILES string of the molecule is CCn1nnc2cc(C(=O)NCc3cc(C)cc4c(C)c(C)[nH]c34)ccc21. The predicted molar refractivity (Wildman–Crippen MR) is 107 cm³/mol. The number of benzene rings is 2. The van der Waals surface area contributed by atoms with Crippen molar-refractivity contribution in [3.05, 3.63) is 58.3 Å². The quantitative estimate of drug-likeness (QED) is 0.581. The van der Waals surface area contributed by atoms with E-state index in [1.54, 1.807) is 6.07 Å². The number of fused-ring (bicyclic) bond motifs is 2. The number of hydrogen-bond acceptors (Lipinski definition) is 3. The van der Waals surface area contributed by atoms with Crippen molar-refractivity contribution in [2.45, 2.75) is 40.8 Å². The molecule has 6 heteroatoms. The zero-order chi connectivity index (χ0) is 19.1. The Morgan fingerprint density at radius 3 is 2.78 bits per heavy atom. The van der Waals surface area contributed by atoms with Crippen molar-refractivity contribution >= 4 is 27.8 Å². The second kappa shape index (κ2) is 6.54. The fraction of sp³-hybridized carbons (Fsp3) is 0.286. The monoisotopic (exact) mass is 361 g/mol. The van der Waals surface area contributed by atoms with Gasteiger partial charge in [0.25, 0.3) is 5.91 Å². The van der Waals surface area contributed by atoms with Gasteiger partial charge >= 0.3 is 0 Å². The van der Waals surface area contributed by atoms with Crippen molar-refractivity contribution < 1.29 is 4.79 Å². The summed E-state index contributed by atoms with van der Waals surface area (Å²) in [6.45, 7) is 9.51. The first-order valence-electron chi connectivity index (χ1n) is 9.17. The van der Waals surface area contributed by atoms with Crippen LogP contribution < -0.4 is 5.32 Å². The van der Waals surface area contributed by atoms with Gasteiger partial charge < -0.3 is 10.3 Å². The van der Waals surface area contributed by atoms with E-state index in [1.165, 1.54) is 16.5 Å². The second-order valence-corrected chi connectivity index (χ2v) is 7.01. The van der Waals surface area contributed by atoms with Crippen LogP contribution in [0.4, 0.5) is 0 Å². The number of aromatic nitrogens is 4. The van der Waals surface area contributed by atoms with E-state index >= 15 is 0 Å². The zero-order valence-corrected chi connectivity index (χ0v) is 16.1. The van der Waals surface area contributed by atoms with Gasteiger partial charge in [0.1, 0.15) is 5.52 Å². The first kappa shape index (κ1) is 17.3. The minimum absolute atomic E-state index is 0.113. The van der Waals surface area contributed by atoms with Gasteiger partial charge in [0.2, 0.25) is 0 Å². The summed E-state index contributed by atoms with van der Waals surface area (Å²) < 4.78 is 1.82. The molecule has 0 aliphatic heterocycles. The van der Waals surface area contributed by atoms with Crippen LogP contribution in [-0.2, 0) is 13.1 Å². The van der Waals surface area contributed by atoms with Crippen molar-refractivity contribution in [2.24, 2.45) is 0 Å². The minimum atomic E-state index is -0.113. The molecule has 4 rings (SSSR count). The van der Waals surface area contributed by atoms with Crippen molar-refractivity contribution in [1.29, 1.82) is 0 Å². The predicted octanol–water partition coefficient (Wildman–Crippen LogP) is 3.79. The second-order valence-electron chi connectivity index (χ2n) is 7.01. The Kier molecular flexibility index (Phi) is 4.18. The van der Waals surface area contributed by atoms with Crippen molar-refractivity contribution in [2.75, 3.05) is 0 Å². The van der Waals surface area contributed by atoms with Crippen LogP contribution in [-0.4, -0.2) is 25.9 Å². The summed E-state index contributed by atoms with van der Waals surface area (Å²) in [6.07, 6.45) is 0. The molecule has 6 nitrogen and oxygen atoms in total. The van der Waals surface area contributed by atoms with Crippen LogP contribution in [0.15, 0.2) is 30.3 Å². The minimum Gasteiger partial charge on any atom is -0.358 e. The number of carbonyl (C=O) groups is 1. The third-order valence-corrected chi connectivity index (χ3v) is 5.16. The Morgan fingerprint density at radius 1 is 1.19 bits per heavy atom. The van der Waals surface area contributed by atoms with Gasteiger partial charge in [-0.15, -0.1) is 5.10 Å². The Morgan fingerprint density at radius 2 is 2.00 bits per heavy atom. The highest BCUT2D eigenvalue weighted by Gasteiger charge is 2.13. The van der Waals surface area contributed by atoms with Crippen molar-refractivity contribution in [1.82, 2.24) is 25.3 Å². The molecule has 2 aromatic heterocycles. The molecule has 0 saturated heterocycles. The maximum absolute atomic E-state index is 12.7. The topological polar surface area (TPSA) is 75.6 Å². The van der Waals surface area contributed by atoms with E-state index in [0.29, 0.717) is 12.1 Å². The lowest BCUT2D eigenvalue weighted by Crippen LogP contribution is -2.23. The molecule has 2 aromatic carbocycles. The summed E-state index contributed by atoms with van der Waals surface area (Å²) in [4.78, 5) is 16.1. The van der Waals surface area contributed by atoms with Gasteiger partial charge in [-0.05, 0) is 63.1 Å². The Bertz CT molecular complexity index is 1170. The van der Waals surface area contributed by atoms with E-state index in [4.69, 9.17) is 0 Å². The fourth-order valence-electron chi connectivity index (χ4n) is 3.55. The van der Waals surface area contributed by atoms with Crippen LogP contribution in [0.5, 0.6) is 0 Å². The van der Waals surface area contributed by atoms with Gasteiger partial charge in [-0.25, -0.2) is 4.68 Å². The van der Waals surface area contributed by atoms with Crippen LogP contribution in [0, 0.1) is 20.8 Å². The number of amides is 1. The number of carbonyl (C=O) groups excluding carboxylic acids is 1. The van der Waals surface area contributed by atoms with Gasteiger partial charge in [-0.3, -0.25) is 4.79 Å².